The van der Waals surface area contributed by atoms with E-state index in [2.05, 4.69) is 20.3 Å². The fourth-order valence-corrected chi connectivity index (χ4v) is 2.45. The van der Waals surface area contributed by atoms with Crippen molar-refractivity contribution in [2.45, 2.75) is 6.92 Å². The Kier molecular flexibility index (Phi) is 5.25. The topological polar surface area (TPSA) is 79.7 Å². The Labute approximate surface area is 150 Å². The quantitative estimate of drug-likeness (QED) is 0.826. The number of hydrogen-bond acceptors (Lipinski definition) is 7. The maximum absolute atomic E-state index is 11.8. The van der Waals surface area contributed by atoms with E-state index in [4.69, 9.17) is 16.3 Å². The summed E-state index contributed by atoms with van der Waals surface area (Å²) in [6.45, 7) is 2.71. The number of halogens is 1. The first-order valence-electron chi connectivity index (χ1n) is 7.69. The molecule has 0 spiro atoms. The molecule has 2 heterocycles. The number of benzene rings is 1. The average molecular weight is 358 g/mol. The van der Waals surface area contributed by atoms with Crippen molar-refractivity contribution in [1.29, 1.82) is 0 Å². The first-order chi connectivity index (χ1) is 12.2. The maximum atomic E-state index is 11.8. The number of nitrogens with one attached hydrogen (secondary N) is 1. The largest absolute Gasteiger partial charge is 0.462 e. The third-order valence-corrected chi connectivity index (χ3v) is 3.65. The van der Waals surface area contributed by atoms with E-state index >= 15 is 0 Å². The van der Waals surface area contributed by atoms with Crippen molar-refractivity contribution in [3.05, 3.63) is 53.3 Å². The monoisotopic (exact) mass is 357 g/mol. The van der Waals surface area contributed by atoms with Crippen LogP contribution in [0.15, 0.2) is 47.7 Å². The van der Waals surface area contributed by atoms with Gasteiger partial charge in [0, 0.05) is 24.6 Å². The molecule has 0 aliphatic carbocycles. The van der Waals surface area contributed by atoms with E-state index < -0.39 is 5.97 Å². The Morgan fingerprint density at radius 2 is 2.28 bits per heavy atom. The summed E-state index contributed by atoms with van der Waals surface area (Å²) in [5.74, 6) is 0.695. The molecule has 0 saturated carbocycles. The van der Waals surface area contributed by atoms with Crippen LogP contribution in [0.5, 0.6) is 0 Å². The normalized spacial score (nSPS) is 13.0. The molecular formula is C17H16ClN5O2. The van der Waals surface area contributed by atoms with Gasteiger partial charge in [0.05, 0.1) is 23.5 Å². The highest BCUT2D eigenvalue weighted by molar-refractivity contribution is 6.33. The number of anilines is 3. The highest BCUT2D eigenvalue weighted by Crippen LogP contribution is 2.24. The molecule has 0 unspecified atom stereocenters. The minimum atomic E-state index is -0.444. The van der Waals surface area contributed by atoms with Gasteiger partial charge >= 0.3 is 5.97 Å². The molecule has 8 heteroatoms. The van der Waals surface area contributed by atoms with Gasteiger partial charge in [-0.05, 0) is 37.3 Å². The Morgan fingerprint density at radius 3 is 3.00 bits per heavy atom. The molecule has 128 valence electrons. The predicted octanol–water partition coefficient (Wildman–Crippen LogP) is 3.41. The van der Waals surface area contributed by atoms with Crippen LogP contribution < -0.4 is 10.2 Å². The average Bonchev–Trinajstić information content (AvgIpc) is 2.63. The third kappa shape index (κ3) is 4.13. The van der Waals surface area contributed by atoms with Crippen LogP contribution in [-0.4, -0.2) is 35.4 Å². The molecule has 1 aromatic carbocycles. The van der Waals surface area contributed by atoms with Crippen molar-refractivity contribution in [3.63, 3.8) is 0 Å². The summed E-state index contributed by atoms with van der Waals surface area (Å²) in [6, 6.07) is 6.76. The summed E-state index contributed by atoms with van der Waals surface area (Å²) in [7, 11) is 0. The molecule has 0 radical (unpaired) electrons. The second-order valence-electron chi connectivity index (χ2n) is 5.08. The summed E-state index contributed by atoms with van der Waals surface area (Å²) in [4.78, 5) is 26.4. The number of carbonyl (C=O) groups is 1. The van der Waals surface area contributed by atoms with Crippen molar-refractivity contribution in [1.82, 2.24) is 9.97 Å². The molecule has 1 aromatic heterocycles. The van der Waals surface area contributed by atoms with Gasteiger partial charge in [-0.15, -0.1) is 0 Å². The van der Waals surface area contributed by atoms with Gasteiger partial charge in [-0.1, -0.05) is 11.6 Å². The molecule has 3 rings (SSSR count). The smallest absolute Gasteiger partial charge is 0.339 e. The van der Waals surface area contributed by atoms with E-state index in [0.717, 1.165) is 0 Å². The highest BCUT2D eigenvalue weighted by atomic mass is 35.5. The van der Waals surface area contributed by atoms with Gasteiger partial charge in [-0.3, -0.25) is 4.90 Å². The molecule has 25 heavy (non-hydrogen) atoms. The van der Waals surface area contributed by atoms with Gasteiger partial charge in [-0.2, -0.15) is 4.98 Å². The minimum Gasteiger partial charge on any atom is -0.462 e. The zero-order valence-corrected chi connectivity index (χ0v) is 14.3. The molecule has 0 saturated heterocycles. The zero-order chi connectivity index (χ0) is 17.6. The van der Waals surface area contributed by atoms with Gasteiger partial charge < -0.3 is 10.1 Å². The highest BCUT2D eigenvalue weighted by Gasteiger charge is 2.13. The molecule has 2 aromatic rings. The number of hydrogen-bond donors (Lipinski definition) is 1. The number of carbonyl (C=O) groups excluding carboxylic acids is 1. The zero-order valence-electron chi connectivity index (χ0n) is 13.5. The van der Waals surface area contributed by atoms with Gasteiger partial charge in [0.1, 0.15) is 5.82 Å². The third-order valence-electron chi connectivity index (χ3n) is 3.34. The summed E-state index contributed by atoms with van der Waals surface area (Å²) in [5.41, 5.74) is 1.03. The predicted molar refractivity (Wildman–Crippen MR) is 97.7 cm³/mol. The number of esters is 1. The van der Waals surface area contributed by atoms with Crippen molar-refractivity contribution < 1.29 is 9.53 Å². The van der Waals surface area contributed by atoms with Crippen molar-refractivity contribution in [2.24, 2.45) is 4.99 Å². The fraction of sp³-hybridized carbons (Fsp3) is 0.176. The molecule has 7 nitrogen and oxygen atoms in total. The van der Waals surface area contributed by atoms with Crippen LogP contribution in [0.3, 0.4) is 0 Å². The summed E-state index contributed by atoms with van der Waals surface area (Å²) >= 11 is 6.17. The van der Waals surface area contributed by atoms with Gasteiger partial charge in [-0.25, -0.2) is 14.8 Å². The van der Waals surface area contributed by atoms with Crippen LogP contribution in [0.2, 0.25) is 5.02 Å². The summed E-state index contributed by atoms with van der Waals surface area (Å²) < 4.78 is 4.96. The fourth-order valence-electron chi connectivity index (χ4n) is 2.19. The van der Waals surface area contributed by atoms with E-state index in [9.17, 15) is 4.79 Å². The van der Waals surface area contributed by atoms with E-state index in [0.29, 0.717) is 41.2 Å². The standard InChI is InChI=1S/C17H16ClN5O2/c1-2-25-16(24)13-5-4-12(10-14(13)18)21-15-6-8-20-17(22-15)23-9-3-7-19-11-23/h3-8,10-11H,2,9H2,1H3,(H,20,21,22). The second-order valence-corrected chi connectivity index (χ2v) is 5.49. The van der Waals surface area contributed by atoms with Crippen LogP contribution >= 0.6 is 11.6 Å². The number of aromatic nitrogens is 2. The Hall–Kier alpha value is -2.93. The molecule has 0 atom stereocenters. The molecule has 1 N–H and O–H groups in total. The van der Waals surface area contributed by atoms with Crippen LogP contribution in [0.1, 0.15) is 17.3 Å². The first-order valence-corrected chi connectivity index (χ1v) is 8.07. The van der Waals surface area contributed by atoms with E-state index in [1.165, 1.54) is 0 Å². The van der Waals surface area contributed by atoms with Crippen molar-refractivity contribution >= 4 is 41.4 Å². The Bertz CT molecular complexity index is 838. The number of ether oxygens (including phenoxy) is 1. The lowest BCUT2D eigenvalue weighted by atomic mass is 10.2. The molecule has 1 aliphatic heterocycles. The SMILES string of the molecule is CCOC(=O)c1ccc(Nc2ccnc(N3C=NC=CC3)n2)cc1Cl. The number of nitrogens with zero attached hydrogens (tertiary/aromatic N) is 4. The molecule has 1 aliphatic rings. The Morgan fingerprint density at radius 1 is 1.40 bits per heavy atom. The van der Waals surface area contributed by atoms with Gasteiger partial charge in [0.2, 0.25) is 5.95 Å². The second kappa shape index (κ2) is 7.76. The van der Waals surface area contributed by atoms with Crippen LogP contribution in [-0.2, 0) is 4.74 Å². The first kappa shape index (κ1) is 16.9. The summed E-state index contributed by atoms with van der Waals surface area (Å²) in [5, 5.41) is 3.46. The van der Waals surface area contributed by atoms with Crippen LogP contribution in [0.4, 0.5) is 17.5 Å². The van der Waals surface area contributed by atoms with E-state index in [1.54, 1.807) is 49.9 Å². The van der Waals surface area contributed by atoms with Crippen LogP contribution in [0, 0.1) is 0 Å². The lowest BCUT2D eigenvalue weighted by Crippen LogP contribution is -2.25. The van der Waals surface area contributed by atoms with Crippen molar-refractivity contribution in [2.75, 3.05) is 23.4 Å². The molecule has 0 bridgehead atoms. The molecule has 0 fully saturated rings. The molecular weight excluding hydrogens is 342 g/mol. The number of aliphatic imine (C=N–C) groups is 1. The van der Waals surface area contributed by atoms with E-state index in [-0.39, 0.29) is 0 Å². The summed E-state index contributed by atoms with van der Waals surface area (Å²) in [6.07, 6.45) is 6.97. The van der Waals surface area contributed by atoms with Crippen LogP contribution in [0.25, 0.3) is 0 Å². The Balaban J connectivity index is 1.76. The number of rotatable bonds is 5. The van der Waals surface area contributed by atoms with Crippen molar-refractivity contribution in [3.8, 4) is 0 Å². The lowest BCUT2D eigenvalue weighted by Gasteiger charge is -2.17. The lowest BCUT2D eigenvalue weighted by molar-refractivity contribution is 0.0526. The minimum absolute atomic E-state index is 0.299. The molecule has 0 amide bonds. The van der Waals surface area contributed by atoms with Gasteiger partial charge in [0.25, 0.3) is 0 Å². The maximum Gasteiger partial charge on any atom is 0.339 e. The van der Waals surface area contributed by atoms with E-state index in [1.807, 2.05) is 11.0 Å². The van der Waals surface area contributed by atoms with Gasteiger partial charge in [0.15, 0.2) is 0 Å².